The third kappa shape index (κ3) is 4.53. The predicted molar refractivity (Wildman–Crippen MR) is 84.5 cm³/mol. The minimum Gasteiger partial charge on any atom is -0.496 e. The van der Waals surface area contributed by atoms with Gasteiger partial charge in [-0.1, -0.05) is 13.3 Å². The van der Waals surface area contributed by atoms with Crippen molar-refractivity contribution in [1.29, 1.82) is 0 Å². The Morgan fingerprint density at radius 3 is 2.33 bits per heavy atom. The van der Waals surface area contributed by atoms with Crippen LogP contribution in [-0.4, -0.2) is 33.4 Å². The van der Waals surface area contributed by atoms with Crippen molar-refractivity contribution in [2.45, 2.75) is 38.6 Å². The van der Waals surface area contributed by atoms with E-state index < -0.39 is 0 Å². The molecule has 0 aliphatic heterocycles. The highest BCUT2D eigenvalue weighted by Crippen LogP contribution is 2.30. The van der Waals surface area contributed by atoms with Gasteiger partial charge in [0.05, 0.1) is 20.8 Å². The van der Waals surface area contributed by atoms with Gasteiger partial charge in [-0.05, 0) is 31.7 Å². The van der Waals surface area contributed by atoms with Crippen LogP contribution >= 0.6 is 0 Å². The molecule has 1 aliphatic carbocycles. The summed E-state index contributed by atoms with van der Waals surface area (Å²) < 4.78 is 16.4. The fourth-order valence-corrected chi connectivity index (χ4v) is 3.11. The SMILES string of the molecule is CCNC1CCCC1CCOc1cc(OC)cc(OC)c1. The van der Waals surface area contributed by atoms with Gasteiger partial charge in [-0.3, -0.25) is 0 Å². The Morgan fingerprint density at radius 1 is 1.05 bits per heavy atom. The summed E-state index contributed by atoms with van der Waals surface area (Å²) in [4.78, 5) is 0. The van der Waals surface area contributed by atoms with Crippen LogP contribution in [-0.2, 0) is 0 Å². The molecule has 1 N–H and O–H groups in total. The first-order chi connectivity index (χ1) is 10.3. The van der Waals surface area contributed by atoms with Crippen molar-refractivity contribution in [2.24, 2.45) is 5.92 Å². The molecule has 0 spiro atoms. The summed E-state index contributed by atoms with van der Waals surface area (Å²) in [6.45, 7) is 3.96. The Balaban J connectivity index is 1.85. The first-order valence-corrected chi connectivity index (χ1v) is 7.86. The molecule has 0 bridgehead atoms. The summed E-state index contributed by atoms with van der Waals surface area (Å²) in [5.41, 5.74) is 0. The van der Waals surface area contributed by atoms with E-state index in [9.17, 15) is 0 Å². The zero-order valence-electron chi connectivity index (χ0n) is 13.4. The van der Waals surface area contributed by atoms with E-state index in [1.54, 1.807) is 14.2 Å². The molecule has 1 aromatic carbocycles. The highest BCUT2D eigenvalue weighted by atomic mass is 16.5. The number of benzene rings is 1. The standard InChI is InChI=1S/C17H27NO3/c1-4-18-17-7-5-6-13(17)8-9-21-16-11-14(19-2)10-15(12-16)20-3/h10-13,17-18H,4-9H2,1-3H3. The van der Waals surface area contributed by atoms with Gasteiger partial charge >= 0.3 is 0 Å². The van der Waals surface area contributed by atoms with E-state index in [2.05, 4.69) is 12.2 Å². The van der Waals surface area contributed by atoms with E-state index in [1.165, 1.54) is 19.3 Å². The lowest BCUT2D eigenvalue weighted by atomic mass is 10.00. The van der Waals surface area contributed by atoms with Crippen molar-refractivity contribution < 1.29 is 14.2 Å². The molecular formula is C17H27NO3. The molecule has 4 nitrogen and oxygen atoms in total. The second-order valence-corrected chi connectivity index (χ2v) is 5.54. The molecule has 1 fully saturated rings. The molecule has 2 rings (SSSR count). The van der Waals surface area contributed by atoms with Gasteiger partial charge in [-0.25, -0.2) is 0 Å². The molecule has 4 heteroatoms. The highest BCUT2D eigenvalue weighted by molar-refractivity contribution is 5.41. The summed E-state index contributed by atoms with van der Waals surface area (Å²) in [6.07, 6.45) is 5.03. The van der Waals surface area contributed by atoms with Gasteiger partial charge in [0.1, 0.15) is 17.2 Å². The van der Waals surface area contributed by atoms with Gasteiger partial charge in [-0.15, -0.1) is 0 Å². The van der Waals surface area contributed by atoms with Crippen molar-refractivity contribution in [3.63, 3.8) is 0 Å². The molecule has 0 radical (unpaired) electrons. The molecule has 2 atom stereocenters. The maximum atomic E-state index is 5.89. The molecule has 2 unspecified atom stereocenters. The van der Waals surface area contributed by atoms with Gasteiger partial charge in [0.25, 0.3) is 0 Å². The van der Waals surface area contributed by atoms with Crippen LogP contribution in [0.4, 0.5) is 0 Å². The second-order valence-electron chi connectivity index (χ2n) is 5.54. The molecule has 0 heterocycles. The van der Waals surface area contributed by atoms with E-state index in [-0.39, 0.29) is 0 Å². The molecule has 118 valence electrons. The first kappa shape index (κ1) is 16.0. The van der Waals surface area contributed by atoms with E-state index >= 15 is 0 Å². The van der Waals surface area contributed by atoms with Crippen molar-refractivity contribution in [3.05, 3.63) is 18.2 Å². The second kappa shape index (κ2) is 8.13. The molecule has 1 aromatic rings. The topological polar surface area (TPSA) is 39.7 Å². The lowest BCUT2D eigenvalue weighted by Crippen LogP contribution is -2.32. The van der Waals surface area contributed by atoms with Crippen LogP contribution in [0.15, 0.2) is 18.2 Å². The van der Waals surface area contributed by atoms with Crippen LogP contribution in [0.3, 0.4) is 0 Å². The van der Waals surface area contributed by atoms with Gasteiger partial charge < -0.3 is 19.5 Å². The first-order valence-electron chi connectivity index (χ1n) is 7.86. The highest BCUT2D eigenvalue weighted by Gasteiger charge is 2.26. The summed E-state index contributed by atoms with van der Waals surface area (Å²) in [5.74, 6) is 3.06. The Labute approximate surface area is 127 Å². The Morgan fingerprint density at radius 2 is 1.71 bits per heavy atom. The monoisotopic (exact) mass is 293 g/mol. The van der Waals surface area contributed by atoms with E-state index in [1.807, 2.05) is 18.2 Å². The Bertz CT molecular complexity index is 414. The predicted octanol–water partition coefficient (Wildman–Crippen LogP) is 3.25. The zero-order valence-corrected chi connectivity index (χ0v) is 13.4. The van der Waals surface area contributed by atoms with E-state index in [0.29, 0.717) is 6.04 Å². The van der Waals surface area contributed by atoms with Gasteiger partial charge in [-0.2, -0.15) is 0 Å². The largest absolute Gasteiger partial charge is 0.496 e. The minimum atomic E-state index is 0.665. The fraction of sp³-hybridized carbons (Fsp3) is 0.647. The number of rotatable bonds is 8. The molecule has 1 saturated carbocycles. The average Bonchev–Trinajstić information content (AvgIpc) is 2.94. The summed E-state index contributed by atoms with van der Waals surface area (Å²) in [5, 5.41) is 3.58. The number of hydrogen-bond donors (Lipinski definition) is 1. The fourth-order valence-electron chi connectivity index (χ4n) is 3.11. The Kier molecular flexibility index (Phi) is 6.18. The van der Waals surface area contributed by atoms with Crippen LogP contribution in [0, 0.1) is 5.92 Å². The maximum absolute atomic E-state index is 5.89. The molecule has 1 aliphatic rings. The summed E-state index contributed by atoms with van der Waals surface area (Å²) >= 11 is 0. The van der Waals surface area contributed by atoms with Crippen LogP contribution in [0.2, 0.25) is 0 Å². The molecule has 0 aromatic heterocycles. The van der Waals surface area contributed by atoms with E-state index in [0.717, 1.165) is 42.7 Å². The summed E-state index contributed by atoms with van der Waals surface area (Å²) in [6, 6.07) is 6.32. The Hall–Kier alpha value is -1.42. The van der Waals surface area contributed by atoms with Crippen molar-refractivity contribution in [1.82, 2.24) is 5.32 Å². The third-order valence-corrected chi connectivity index (χ3v) is 4.21. The van der Waals surface area contributed by atoms with E-state index in [4.69, 9.17) is 14.2 Å². The van der Waals surface area contributed by atoms with Crippen molar-refractivity contribution >= 4 is 0 Å². The number of ether oxygens (including phenoxy) is 3. The van der Waals surface area contributed by atoms with Crippen LogP contribution in [0.1, 0.15) is 32.6 Å². The quantitative estimate of drug-likeness (QED) is 0.798. The lowest BCUT2D eigenvalue weighted by molar-refractivity contribution is 0.259. The lowest BCUT2D eigenvalue weighted by Gasteiger charge is -2.20. The van der Waals surface area contributed by atoms with Crippen molar-refractivity contribution in [3.8, 4) is 17.2 Å². The summed E-state index contributed by atoms with van der Waals surface area (Å²) in [7, 11) is 3.30. The zero-order chi connectivity index (χ0) is 15.1. The number of hydrogen-bond acceptors (Lipinski definition) is 4. The van der Waals surface area contributed by atoms with Crippen LogP contribution < -0.4 is 19.5 Å². The van der Waals surface area contributed by atoms with Crippen molar-refractivity contribution in [2.75, 3.05) is 27.4 Å². The third-order valence-electron chi connectivity index (χ3n) is 4.21. The molecular weight excluding hydrogens is 266 g/mol. The molecule has 0 amide bonds. The van der Waals surface area contributed by atoms with Crippen LogP contribution in [0.5, 0.6) is 17.2 Å². The van der Waals surface area contributed by atoms with Gasteiger partial charge in [0.15, 0.2) is 0 Å². The molecule has 0 saturated heterocycles. The normalized spacial score (nSPS) is 21.3. The number of methoxy groups -OCH3 is 2. The average molecular weight is 293 g/mol. The van der Waals surface area contributed by atoms with Gasteiger partial charge in [0.2, 0.25) is 0 Å². The minimum absolute atomic E-state index is 0.665. The van der Waals surface area contributed by atoms with Crippen LogP contribution in [0.25, 0.3) is 0 Å². The smallest absolute Gasteiger partial charge is 0.126 e. The maximum Gasteiger partial charge on any atom is 0.126 e. The number of nitrogens with one attached hydrogen (secondary N) is 1. The van der Waals surface area contributed by atoms with Gasteiger partial charge in [0, 0.05) is 24.2 Å². The molecule has 21 heavy (non-hydrogen) atoms.